The predicted octanol–water partition coefficient (Wildman–Crippen LogP) is 2.86. The molecule has 0 fully saturated rings. The largest absolute Gasteiger partial charge is 0.345 e. The fraction of sp³-hybridized carbons (Fsp3) is 0.176. The van der Waals surface area contributed by atoms with Crippen molar-refractivity contribution in [2.45, 2.75) is 6.92 Å². The number of hydrogen-bond donors (Lipinski definition) is 1. The molecule has 7 nitrogen and oxygen atoms in total. The van der Waals surface area contributed by atoms with Crippen LogP contribution in [0.25, 0.3) is 0 Å². The Morgan fingerprint density at radius 1 is 1.08 bits per heavy atom. The molecule has 1 N–H and O–H groups in total. The van der Waals surface area contributed by atoms with E-state index in [4.69, 9.17) is 0 Å². The average Bonchev–Trinajstić information content (AvgIpc) is 2.54. The molecule has 2 aromatic rings. The Bertz CT molecular complexity index is 798. The van der Waals surface area contributed by atoms with E-state index in [2.05, 4.69) is 5.32 Å². The SMILES string of the molecule is Cc1c(C(=O)Nc2ccc(C(=O)N(C)C)cc2)cccc1[N+](=O)[O-]. The Morgan fingerprint density at radius 2 is 1.71 bits per heavy atom. The summed E-state index contributed by atoms with van der Waals surface area (Å²) in [5.74, 6) is -0.578. The molecule has 0 unspecified atom stereocenters. The molecule has 0 bridgehead atoms. The number of nitro benzene ring substituents is 1. The third-order valence-electron chi connectivity index (χ3n) is 3.54. The number of nitrogens with zero attached hydrogens (tertiary/aromatic N) is 2. The van der Waals surface area contributed by atoms with Crippen LogP contribution in [0.5, 0.6) is 0 Å². The van der Waals surface area contributed by atoms with Crippen molar-refractivity contribution in [1.29, 1.82) is 0 Å². The van der Waals surface area contributed by atoms with Gasteiger partial charge in [0.25, 0.3) is 17.5 Å². The molecule has 0 aliphatic heterocycles. The minimum absolute atomic E-state index is 0.102. The molecule has 0 aliphatic rings. The van der Waals surface area contributed by atoms with E-state index >= 15 is 0 Å². The number of hydrogen-bond acceptors (Lipinski definition) is 4. The van der Waals surface area contributed by atoms with Crippen LogP contribution in [0.2, 0.25) is 0 Å². The van der Waals surface area contributed by atoms with Gasteiger partial charge in [-0.15, -0.1) is 0 Å². The zero-order chi connectivity index (χ0) is 17.9. The van der Waals surface area contributed by atoms with Crippen LogP contribution in [0.3, 0.4) is 0 Å². The molecule has 0 radical (unpaired) electrons. The van der Waals surface area contributed by atoms with Crippen LogP contribution in [-0.4, -0.2) is 35.7 Å². The first-order valence-electron chi connectivity index (χ1n) is 7.18. The maximum Gasteiger partial charge on any atom is 0.273 e. The Morgan fingerprint density at radius 3 is 2.25 bits per heavy atom. The molecule has 2 rings (SSSR count). The van der Waals surface area contributed by atoms with Gasteiger partial charge in [-0.25, -0.2) is 0 Å². The van der Waals surface area contributed by atoms with Crippen LogP contribution >= 0.6 is 0 Å². The van der Waals surface area contributed by atoms with E-state index in [1.807, 2.05) is 0 Å². The molecule has 124 valence electrons. The Labute approximate surface area is 139 Å². The molecular formula is C17H17N3O4. The highest BCUT2D eigenvalue weighted by molar-refractivity contribution is 6.06. The molecule has 0 saturated heterocycles. The third-order valence-corrected chi connectivity index (χ3v) is 3.54. The molecule has 0 aliphatic carbocycles. The first-order chi connectivity index (χ1) is 11.3. The van der Waals surface area contributed by atoms with E-state index in [1.54, 1.807) is 38.4 Å². The highest BCUT2D eigenvalue weighted by Gasteiger charge is 2.18. The van der Waals surface area contributed by atoms with Crippen molar-refractivity contribution in [2.24, 2.45) is 0 Å². The highest BCUT2D eigenvalue weighted by Crippen LogP contribution is 2.22. The molecule has 0 aromatic heterocycles. The zero-order valence-corrected chi connectivity index (χ0v) is 13.6. The second-order valence-corrected chi connectivity index (χ2v) is 5.44. The highest BCUT2D eigenvalue weighted by atomic mass is 16.6. The molecule has 0 atom stereocenters. The predicted molar refractivity (Wildman–Crippen MR) is 90.2 cm³/mol. The van der Waals surface area contributed by atoms with Crippen LogP contribution in [0, 0.1) is 17.0 Å². The summed E-state index contributed by atoms with van der Waals surface area (Å²) in [6.07, 6.45) is 0. The van der Waals surface area contributed by atoms with Gasteiger partial charge in [-0.3, -0.25) is 19.7 Å². The van der Waals surface area contributed by atoms with Crippen LogP contribution in [-0.2, 0) is 0 Å². The quantitative estimate of drug-likeness (QED) is 0.690. The normalized spacial score (nSPS) is 10.1. The molecule has 7 heteroatoms. The van der Waals surface area contributed by atoms with Crippen molar-refractivity contribution in [3.8, 4) is 0 Å². The van der Waals surface area contributed by atoms with E-state index in [0.29, 0.717) is 16.8 Å². The minimum Gasteiger partial charge on any atom is -0.345 e. The number of carbonyl (C=O) groups excluding carboxylic acids is 2. The lowest BCUT2D eigenvalue weighted by molar-refractivity contribution is -0.385. The number of anilines is 1. The first kappa shape index (κ1) is 17.1. The summed E-state index contributed by atoms with van der Waals surface area (Å²) >= 11 is 0. The van der Waals surface area contributed by atoms with Crippen molar-refractivity contribution in [3.63, 3.8) is 0 Å². The van der Waals surface area contributed by atoms with E-state index in [-0.39, 0.29) is 17.2 Å². The molecule has 0 heterocycles. The number of rotatable bonds is 4. The van der Waals surface area contributed by atoms with E-state index in [9.17, 15) is 19.7 Å². The van der Waals surface area contributed by atoms with Crippen molar-refractivity contribution in [2.75, 3.05) is 19.4 Å². The van der Waals surface area contributed by atoms with Crippen molar-refractivity contribution < 1.29 is 14.5 Å². The van der Waals surface area contributed by atoms with E-state index < -0.39 is 10.8 Å². The van der Waals surface area contributed by atoms with Gasteiger partial charge in [-0.1, -0.05) is 6.07 Å². The third kappa shape index (κ3) is 3.57. The lowest BCUT2D eigenvalue weighted by Gasteiger charge is -2.11. The van der Waals surface area contributed by atoms with E-state index in [1.165, 1.54) is 30.0 Å². The fourth-order valence-electron chi connectivity index (χ4n) is 2.22. The minimum atomic E-state index is -0.520. The summed E-state index contributed by atoms with van der Waals surface area (Å²) in [5.41, 5.74) is 1.44. The van der Waals surface area contributed by atoms with Gasteiger partial charge in [0, 0.05) is 42.5 Å². The van der Waals surface area contributed by atoms with E-state index in [0.717, 1.165) is 0 Å². The Balaban J connectivity index is 2.20. The maximum absolute atomic E-state index is 12.3. The van der Waals surface area contributed by atoms with Gasteiger partial charge < -0.3 is 10.2 Å². The Hall–Kier alpha value is -3.22. The van der Waals surface area contributed by atoms with Gasteiger partial charge in [0.2, 0.25) is 0 Å². The summed E-state index contributed by atoms with van der Waals surface area (Å²) in [6, 6.07) is 10.8. The second-order valence-electron chi connectivity index (χ2n) is 5.44. The van der Waals surface area contributed by atoms with Gasteiger partial charge in [-0.05, 0) is 37.3 Å². The van der Waals surface area contributed by atoms with Gasteiger partial charge in [0.15, 0.2) is 0 Å². The van der Waals surface area contributed by atoms with Gasteiger partial charge in [0.05, 0.1) is 4.92 Å². The zero-order valence-electron chi connectivity index (χ0n) is 13.6. The topological polar surface area (TPSA) is 92.6 Å². The first-order valence-corrected chi connectivity index (χ1v) is 7.18. The number of amides is 2. The number of nitro groups is 1. The molecular weight excluding hydrogens is 310 g/mol. The molecule has 0 spiro atoms. The molecule has 24 heavy (non-hydrogen) atoms. The summed E-state index contributed by atoms with van der Waals surface area (Å²) in [5, 5.41) is 13.6. The van der Waals surface area contributed by atoms with Gasteiger partial charge in [-0.2, -0.15) is 0 Å². The average molecular weight is 327 g/mol. The summed E-state index contributed by atoms with van der Waals surface area (Å²) in [4.78, 5) is 36.0. The standard InChI is InChI=1S/C17H17N3O4/c1-11-14(5-4-6-15(11)20(23)24)16(21)18-13-9-7-12(8-10-13)17(22)19(2)3/h4-10H,1-3H3,(H,18,21). The summed E-state index contributed by atoms with van der Waals surface area (Å²) < 4.78 is 0. The molecule has 2 amide bonds. The number of benzene rings is 2. The van der Waals surface area contributed by atoms with Crippen LogP contribution in [0.4, 0.5) is 11.4 Å². The summed E-state index contributed by atoms with van der Waals surface area (Å²) in [7, 11) is 3.31. The van der Waals surface area contributed by atoms with Crippen LogP contribution < -0.4 is 5.32 Å². The van der Waals surface area contributed by atoms with Crippen LogP contribution in [0.1, 0.15) is 26.3 Å². The van der Waals surface area contributed by atoms with Crippen molar-refractivity contribution in [1.82, 2.24) is 4.90 Å². The van der Waals surface area contributed by atoms with Crippen molar-refractivity contribution >= 4 is 23.2 Å². The summed E-state index contributed by atoms with van der Waals surface area (Å²) in [6.45, 7) is 1.53. The number of carbonyl (C=O) groups is 2. The van der Waals surface area contributed by atoms with Crippen LogP contribution in [0.15, 0.2) is 42.5 Å². The lowest BCUT2D eigenvalue weighted by Crippen LogP contribution is -2.21. The number of nitrogens with one attached hydrogen (secondary N) is 1. The molecule has 2 aromatic carbocycles. The lowest BCUT2D eigenvalue weighted by atomic mass is 10.1. The molecule has 0 saturated carbocycles. The van der Waals surface area contributed by atoms with Gasteiger partial charge in [0.1, 0.15) is 0 Å². The second kappa shape index (κ2) is 6.91. The monoisotopic (exact) mass is 327 g/mol. The Kier molecular flexibility index (Phi) is 4.93. The van der Waals surface area contributed by atoms with Crippen molar-refractivity contribution in [3.05, 3.63) is 69.3 Å². The smallest absolute Gasteiger partial charge is 0.273 e. The maximum atomic E-state index is 12.3. The fourth-order valence-corrected chi connectivity index (χ4v) is 2.22. The van der Waals surface area contributed by atoms with Gasteiger partial charge >= 0.3 is 0 Å².